The lowest BCUT2D eigenvalue weighted by atomic mass is 9.80. The molecule has 0 spiro atoms. The van der Waals surface area contributed by atoms with Crippen LogP contribution in [0.15, 0.2) is 30.8 Å². The summed E-state index contributed by atoms with van der Waals surface area (Å²) >= 11 is 0. The highest BCUT2D eigenvalue weighted by atomic mass is 16.7. The Bertz CT molecular complexity index is 526. The van der Waals surface area contributed by atoms with Crippen LogP contribution in [0.1, 0.15) is 51.3 Å². The van der Waals surface area contributed by atoms with Crippen molar-refractivity contribution in [3.05, 3.63) is 42.0 Å². The molecule has 1 heterocycles. The van der Waals surface area contributed by atoms with Crippen LogP contribution in [0.25, 0.3) is 6.08 Å². The third-order valence-corrected chi connectivity index (χ3v) is 4.99. The molecule has 2 rings (SSSR count). The van der Waals surface area contributed by atoms with Crippen LogP contribution in [0.3, 0.4) is 0 Å². The lowest BCUT2D eigenvalue weighted by molar-refractivity contribution is -0.304. The van der Waals surface area contributed by atoms with Crippen molar-refractivity contribution in [3.63, 3.8) is 0 Å². The van der Waals surface area contributed by atoms with Gasteiger partial charge in [-0.2, -0.15) is 5.06 Å². The van der Waals surface area contributed by atoms with E-state index in [1.54, 1.807) is 6.08 Å². The molecule has 23 heavy (non-hydrogen) atoms. The molecule has 0 saturated carbocycles. The molecule has 0 radical (unpaired) electrons. The monoisotopic (exact) mass is 319 g/mol. The minimum absolute atomic E-state index is 0.0650. The molecule has 1 fully saturated rings. The summed E-state index contributed by atoms with van der Waals surface area (Å²) in [5.41, 5.74) is 1.67. The molecule has 4 nitrogen and oxygen atoms in total. The third kappa shape index (κ3) is 3.83. The second kappa shape index (κ2) is 7.14. The molecule has 0 amide bonds. The van der Waals surface area contributed by atoms with Gasteiger partial charge in [0.2, 0.25) is 0 Å². The molecule has 1 saturated heterocycles. The van der Waals surface area contributed by atoms with Crippen molar-refractivity contribution in [2.75, 3.05) is 6.61 Å². The predicted octanol–water partition coefficient (Wildman–Crippen LogP) is 3.16. The number of rotatable bonds is 5. The smallest absolute Gasteiger partial charge is 0.127 e. The number of aliphatic hydroxyl groups is 2. The Morgan fingerprint density at radius 2 is 1.96 bits per heavy atom. The van der Waals surface area contributed by atoms with E-state index in [1.165, 1.54) is 0 Å². The molecule has 4 atom stereocenters. The first-order chi connectivity index (χ1) is 10.8. The van der Waals surface area contributed by atoms with Crippen molar-refractivity contribution in [1.29, 1.82) is 0 Å². The number of hydrogen-bond acceptors (Lipinski definition) is 4. The first-order valence-corrected chi connectivity index (χ1v) is 8.27. The maximum absolute atomic E-state index is 10.2. The molecule has 2 N–H and O–H groups in total. The van der Waals surface area contributed by atoms with Gasteiger partial charge in [0.05, 0.1) is 12.7 Å². The van der Waals surface area contributed by atoms with Crippen molar-refractivity contribution in [3.8, 4) is 0 Å². The second-order valence-corrected chi connectivity index (χ2v) is 7.16. The highest BCUT2D eigenvalue weighted by Gasteiger charge is 2.44. The van der Waals surface area contributed by atoms with Gasteiger partial charge >= 0.3 is 0 Å². The Balaban J connectivity index is 2.20. The van der Waals surface area contributed by atoms with E-state index in [-0.39, 0.29) is 30.2 Å². The molecule has 0 bridgehead atoms. The van der Waals surface area contributed by atoms with Crippen LogP contribution in [0.4, 0.5) is 0 Å². The van der Waals surface area contributed by atoms with Crippen LogP contribution in [0.5, 0.6) is 0 Å². The Morgan fingerprint density at radius 1 is 1.35 bits per heavy atom. The molecular weight excluding hydrogens is 290 g/mol. The summed E-state index contributed by atoms with van der Waals surface area (Å²) in [7, 11) is 0. The highest BCUT2D eigenvalue weighted by molar-refractivity contribution is 5.47. The molecule has 1 aliphatic heterocycles. The van der Waals surface area contributed by atoms with Crippen LogP contribution in [-0.4, -0.2) is 39.6 Å². The molecule has 0 aromatic heterocycles. The minimum Gasteiger partial charge on any atom is -0.393 e. The Hall–Kier alpha value is -1.20. The summed E-state index contributed by atoms with van der Waals surface area (Å²) < 4.78 is 0. The Labute approximate surface area is 139 Å². The number of benzene rings is 1. The number of aliphatic hydroxyl groups excluding tert-OH is 2. The third-order valence-electron chi connectivity index (χ3n) is 4.99. The van der Waals surface area contributed by atoms with Gasteiger partial charge in [0, 0.05) is 11.6 Å². The average molecular weight is 319 g/mol. The number of hydroxylamine groups is 2. The van der Waals surface area contributed by atoms with Gasteiger partial charge in [-0.1, -0.05) is 43.8 Å². The van der Waals surface area contributed by atoms with Gasteiger partial charge in [0.1, 0.15) is 6.10 Å². The van der Waals surface area contributed by atoms with Crippen molar-refractivity contribution in [1.82, 2.24) is 5.06 Å². The van der Waals surface area contributed by atoms with E-state index in [0.717, 1.165) is 11.1 Å². The molecule has 128 valence electrons. The molecule has 0 aliphatic carbocycles. The summed E-state index contributed by atoms with van der Waals surface area (Å²) in [5.74, 6) is 0.116. The van der Waals surface area contributed by atoms with Crippen LogP contribution in [-0.2, 0) is 4.84 Å². The molecular formula is C19H29NO3. The largest absolute Gasteiger partial charge is 0.393 e. The summed E-state index contributed by atoms with van der Waals surface area (Å²) in [6.45, 7) is 11.9. The van der Waals surface area contributed by atoms with Gasteiger partial charge in [0.15, 0.2) is 0 Å². The number of piperidine rings is 1. The summed E-state index contributed by atoms with van der Waals surface area (Å²) in [4.78, 5) is 6.19. The zero-order valence-corrected chi connectivity index (χ0v) is 14.6. The van der Waals surface area contributed by atoms with Crippen molar-refractivity contribution in [2.24, 2.45) is 5.92 Å². The summed E-state index contributed by atoms with van der Waals surface area (Å²) in [5, 5.41) is 22.0. The van der Waals surface area contributed by atoms with Crippen molar-refractivity contribution in [2.45, 2.75) is 57.9 Å². The van der Waals surface area contributed by atoms with Crippen molar-refractivity contribution < 1.29 is 15.1 Å². The van der Waals surface area contributed by atoms with Crippen LogP contribution in [0, 0.1) is 5.92 Å². The second-order valence-electron chi connectivity index (χ2n) is 7.16. The fraction of sp³-hybridized carbons (Fsp3) is 0.579. The van der Waals surface area contributed by atoms with Gasteiger partial charge in [-0.25, -0.2) is 0 Å². The lowest BCUT2D eigenvalue weighted by Crippen LogP contribution is -2.59. The van der Waals surface area contributed by atoms with Crippen molar-refractivity contribution >= 4 is 6.08 Å². The molecule has 4 unspecified atom stereocenters. The van der Waals surface area contributed by atoms with Gasteiger partial charge in [-0.05, 0) is 44.2 Å². The van der Waals surface area contributed by atoms with Crippen LogP contribution < -0.4 is 0 Å². The maximum atomic E-state index is 10.2. The fourth-order valence-corrected chi connectivity index (χ4v) is 3.30. The Kier molecular flexibility index (Phi) is 5.63. The highest BCUT2D eigenvalue weighted by Crippen LogP contribution is 2.37. The number of hydrogen-bond donors (Lipinski definition) is 2. The average Bonchev–Trinajstić information content (AvgIpc) is 2.53. The van der Waals surface area contributed by atoms with E-state index in [2.05, 4.69) is 27.4 Å². The zero-order valence-electron chi connectivity index (χ0n) is 14.6. The van der Waals surface area contributed by atoms with E-state index < -0.39 is 6.10 Å². The first kappa shape index (κ1) is 18.1. The van der Waals surface area contributed by atoms with E-state index in [4.69, 9.17) is 4.84 Å². The minimum atomic E-state index is -0.418. The zero-order chi connectivity index (χ0) is 17.2. The van der Waals surface area contributed by atoms with E-state index >= 15 is 0 Å². The van der Waals surface area contributed by atoms with Gasteiger partial charge in [-0.3, -0.25) is 4.84 Å². The van der Waals surface area contributed by atoms with Gasteiger partial charge < -0.3 is 10.2 Å². The van der Waals surface area contributed by atoms with E-state index in [0.29, 0.717) is 6.42 Å². The number of nitrogens with zero attached hydrogens (tertiary/aromatic N) is 1. The van der Waals surface area contributed by atoms with E-state index in [9.17, 15) is 10.2 Å². The SMILES string of the molecule is C=Cc1ccc(C(CO)ON2C(C)C(C)C(O)CC2(C)C)cc1. The van der Waals surface area contributed by atoms with Crippen LogP contribution in [0.2, 0.25) is 0 Å². The topological polar surface area (TPSA) is 52.9 Å². The summed E-state index contributed by atoms with van der Waals surface area (Å²) in [6.07, 6.45) is 1.68. The lowest BCUT2D eigenvalue weighted by Gasteiger charge is -2.51. The Morgan fingerprint density at radius 3 is 2.48 bits per heavy atom. The quantitative estimate of drug-likeness (QED) is 0.875. The molecule has 4 heteroatoms. The van der Waals surface area contributed by atoms with Crippen LogP contribution >= 0.6 is 0 Å². The van der Waals surface area contributed by atoms with E-state index in [1.807, 2.05) is 36.3 Å². The van der Waals surface area contributed by atoms with Gasteiger partial charge in [0.25, 0.3) is 0 Å². The van der Waals surface area contributed by atoms with Gasteiger partial charge in [-0.15, -0.1) is 0 Å². The molecule has 1 aliphatic rings. The molecule has 1 aromatic carbocycles. The first-order valence-electron chi connectivity index (χ1n) is 8.27. The maximum Gasteiger partial charge on any atom is 0.127 e. The summed E-state index contributed by atoms with van der Waals surface area (Å²) in [6, 6.07) is 7.90. The fourth-order valence-electron chi connectivity index (χ4n) is 3.30. The standard InChI is InChI=1S/C19H29NO3/c1-6-15-7-9-16(10-8-15)18(12-21)23-20-14(3)13(2)17(22)11-19(20,4)5/h6-10,13-14,17-18,21-22H,1,11-12H2,2-5H3. The normalized spacial score (nSPS) is 29.2. The molecule has 1 aromatic rings. The predicted molar refractivity (Wildman–Crippen MR) is 92.6 cm³/mol.